The lowest BCUT2D eigenvalue weighted by atomic mass is 10.0. The van der Waals surface area contributed by atoms with Gasteiger partial charge in [-0.2, -0.15) is 5.10 Å². The lowest BCUT2D eigenvalue weighted by molar-refractivity contribution is 0.266. The Balaban J connectivity index is 1.60. The minimum atomic E-state index is 0.692. The molecule has 23 heavy (non-hydrogen) atoms. The summed E-state index contributed by atoms with van der Waals surface area (Å²) < 4.78 is 1.91. The zero-order valence-electron chi connectivity index (χ0n) is 13.9. The van der Waals surface area contributed by atoms with E-state index in [9.17, 15) is 0 Å². The molecule has 2 aromatic rings. The van der Waals surface area contributed by atoms with Gasteiger partial charge in [0.25, 0.3) is 0 Å². The molecule has 1 unspecified atom stereocenters. The number of para-hydroxylation sites is 1. The molecule has 1 aromatic carbocycles. The number of aromatic nitrogens is 2. The van der Waals surface area contributed by atoms with E-state index in [0.717, 1.165) is 36.3 Å². The molecule has 1 aliphatic rings. The van der Waals surface area contributed by atoms with Gasteiger partial charge in [0.05, 0.1) is 17.9 Å². The van der Waals surface area contributed by atoms with Crippen LogP contribution in [-0.2, 0) is 6.54 Å². The van der Waals surface area contributed by atoms with Crippen molar-refractivity contribution >= 4 is 5.96 Å². The maximum atomic E-state index is 4.63. The van der Waals surface area contributed by atoms with E-state index in [1.165, 1.54) is 12.8 Å². The van der Waals surface area contributed by atoms with Crippen LogP contribution in [0.25, 0.3) is 5.69 Å². The molecule has 1 N–H and O–H groups in total. The summed E-state index contributed by atoms with van der Waals surface area (Å²) in [5.41, 5.74) is 2.09. The first-order chi connectivity index (χ1) is 11.3. The van der Waals surface area contributed by atoms with Gasteiger partial charge in [-0.15, -0.1) is 0 Å². The fourth-order valence-electron chi connectivity index (χ4n) is 3.06. The number of nitrogens with one attached hydrogen (secondary N) is 1. The molecule has 0 radical (unpaired) electrons. The zero-order chi connectivity index (χ0) is 16.1. The van der Waals surface area contributed by atoms with E-state index in [4.69, 9.17) is 0 Å². The van der Waals surface area contributed by atoms with Crippen molar-refractivity contribution < 1.29 is 0 Å². The predicted octanol–water partition coefficient (Wildman–Crippen LogP) is 2.68. The average molecular weight is 311 g/mol. The molecule has 0 bridgehead atoms. The number of hydrogen-bond donors (Lipinski definition) is 1. The molecule has 1 fully saturated rings. The zero-order valence-corrected chi connectivity index (χ0v) is 13.9. The molecule has 0 saturated carbocycles. The third kappa shape index (κ3) is 3.92. The summed E-state index contributed by atoms with van der Waals surface area (Å²) in [4.78, 5) is 6.77. The SMILES string of the molecule is CN=C(NCc1ccn(-c2ccccc2)n1)N1CCCC(C)C1. The normalized spacial score (nSPS) is 19.0. The summed E-state index contributed by atoms with van der Waals surface area (Å²) in [7, 11) is 1.85. The maximum absolute atomic E-state index is 4.63. The Morgan fingerprint density at radius 1 is 1.30 bits per heavy atom. The summed E-state index contributed by atoms with van der Waals surface area (Å²) in [6.45, 7) is 5.17. The molecule has 0 spiro atoms. The van der Waals surface area contributed by atoms with E-state index < -0.39 is 0 Å². The Kier molecular flexibility index (Phi) is 4.95. The summed E-state index contributed by atoms with van der Waals surface area (Å²) in [6.07, 6.45) is 4.55. The number of hydrogen-bond acceptors (Lipinski definition) is 2. The van der Waals surface area contributed by atoms with Gasteiger partial charge in [0.15, 0.2) is 5.96 Å². The third-order valence-electron chi connectivity index (χ3n) is 4.26. The molecule has 1 aliphatic heterocycles. The monoisotopic (exact) mass is 311 g/mol. The molecule has 2 heterocycles. The van der Waals surface area contributed by atoms with Gasteiger partial charge in [-0.05, 0) is 37.0 Å². The minimum absolute atomic E-state index is 0.692. The highest BCUT2D eigenvalue weighted by Crippen LogP contribution is 2.15. The molecular formula is C18H25N5. The highest BCUT2D eigenvalue weighted by molar-refractivity contribution is 5.79. The second-order valence-electron chi connectivity index (χ2n) is 6.18. The molecule has 1 saturated heterocycles. The molecule has 3 rings (SSSR count). The Hall–Kier alpha value is -2.30. The lowest BCUT2D eigenvalue weighted by Crippen LogP contribution is -2.45. The molecule has 122 valence electrons. The van der Waals surface area contributed by atoms with E-state index in [-0.39, 0.29) is 0 Å². The first kappa shape index (κ1) is 15.6. The Bertz CT molecular complexity index is 646. The van der Waals surface area contributed by atoms with Gasteiger partial charge < -0.3 is 10.2 Å². The number of aliphatic imine (C=N–C) groups is 1. The maximum Gasteiger partial charge on any atom is 0.193 e. The van der Waals surface area contributed by atoms with Gasteiger partial charge in [-0.3, -0.25) is 4.99 Å². The van der Waals surface area contributed by atoms with Crippen molar-refractivity contribution in [1.82, 2.24) is 20.0 Å². The van der Waals surface area contributed by atoms with E-state index in [0.29, 0.717) is 6.54 Å². The van der Waals surface area contributed by atoms with Gasteiger partial charge >= 0.3 is 0 Å². The molecule has 5 heteroatoms. The van der Waals surface area contributed by atoms with Gasteiger partial charge in [-0.25, -0.2) is 4.68 Å². The first-order valence-electron chi connectivity index (χ1n) is 8.32. The predicted molar refractivity (Wildman–Crippen MR) is 93.7 cm³/mol. The van der Waals surface area contributed by atoms with Crippen LogP contribution < -0.4 is 5.32 Å². The van der Waals surface area contributed by atoms with Crippen molar-refractivity contribution in [3.05, 3.63) is 48.3 Å². The highest BCUT2D eigenvalue weighted by Gasteiger charge is 2.19. The van der Waals surface area contributed by atoms with Gasteiger partial charge in [0.2, 0.25) is 0 Å². The van der Waals surface area contributed by atoms with E-state index in [1.54, 1.807) is 0 Å². The van der Waals surface area contributed by atoms with Crippen LogP contribution in [0, 0.1) is 5.92 Å². The summed E-state index contributed by atoms with van der Waals surface area (Å²) in [5, 5.41) is 8.07. The number of nitrogens with zero attached hydrogens (tertiary/aromatic N) is 4. The first-order valence-corrected chi connectivity index (χ1v) is 8.32. The van der Waals surface area contributed by atoms with Gasteiger partial charge in [0, 0.05) is 26.3 Å². The van der Waals surface area contributed by atoms with Crippen molar-refractivity contribution in [3.63, 3.8) is 0 Å². The van der Waals surface area contributed by atoms with Crippen LogP contribution in [0.15, 0.2) is 47.6 Å². The largest absolute Gasteiger partial charge is 0.351 e. The van der Waals surface area contributed by atoms with Gasteiger partial charge in [0.1, 0.15) is 0 Å². The van der Waals surface area contributed by atoms with E-state index in [1.807, 2.05) is 42.2 Å². The molecule has 5 nitrogen and oxygen atoms in total. The van der Waals surface area contributed by atoms with E-state index >= 15 is 0 Å². The van der Waals surface area contributed by atoms with Crippen LogP contribution in [0.2, 0.25) is 0 Å². The lowest BCUT2D eigenvalue weighted by Gasteiger charge is -2.33. The van der Waals surface area contributed by atoms with Crippen molar-refractivity contribution in [2.45, 2.75) is 26.3 Å². The quantitative estimate of drug-likeness (QED) is 0.700. The number of likely N-dealkylation sites (tertiary alicyclic amines) is 1. The average Bonchev–Trinajstić information content (AvgIpc) is 3.05. The number of benzene rings is 1. The van der Waals surface area contributed by atoms with Crippen LogP contribution in [0.1, 0.15) is 25.5 Å². The van der Waals surface area contributed by atoms with Crippen molar-refractivity contribution in [2.75, 3.05) is 20.1 Å². The highest BCUT2D eigenvalue weighted by atomic mass is 15.3. The molecule has 0 aliphatic carbocycles. The fraction of sp³-hybridized carbons (Fsp3) is 0.444. The summed E-state index contributed by atoms with van der Waals surface area (Å²) >= 11 is 0. The number of rotatable bonds is 3. The van der Waals surface area contributed by atoms with Crippen LogP contribution in [0.5, 0.6) is 0 Å². The van der Waals surface area contributed by atoms with Crippen LogP contribution in [0.4, 0.5) is 0 Å². The minimum Gasteiger partial charge on any atom is -0.351 e. The third-order valence-corrected chi connectivity index (χ3v) is 4.26. The van der Waals surface area contributed by atoms with Crippen LogP contribution in [0.3, 0.4) is 0 Å². The Labute approximate surface area is 138 Å². The van der Waals surface area contributed by atoms with Crippen molar-refractivity contribution in [3.8, 4) is 5.69 Å². The Morgan fingerprint density at radius 2 is 2.13 bits per heavy atom. The van der Waals surface area contributed by atoms with Crippen molar-refractivity contribution in [1.29, 1.82) is 0 Å². The van der Waals surface area contributed by atoms with Crippen LogP contribution >= 0.6 is 0 Å². The van der Waals surface area contributed by atoms with Crippen LogP contribution in [-0.4, -0.2) is 40.8 Å². The molecular weight excluding hydrogens is 286 g/mol. The van der Waals surface area contributed by atoms with E-state index in [2.05, 4.69) is 39.4 Å². The molecule has 1 atom stereocenters. The van der Waals surface area contributed by atoms with Gasteiger partial charge in [-0.1, -0.05) is 25.1 Å². The standard InChI is InChI=1S/C18H25N5/c1-15-7-6-11-22(14-15)18(19-2)20-13-16-10-12-23(21-16)17-8-4-3-5-9-17/h3-5,8-10,12,15H,6-7,11,13-14H2,1-2H3,(H,19,20). The van der Waals surface area contributed by atoms with Crippen molar-refractivity contribution in [2.24, 2.45) is 10.9 Å². The summed E-state index contributed by atoms with van der Waals surface area (Å²) in [5.74, 6) is 1.71. The second-order valence-corrected chi connectivity index (χ2v) is 6.18. The number of piperidine rings is 1. The number of guanidine groups is 1. The fourth-order valence-corrected chi connectivity index (χ4v) is 3.06. The second kappa shape index (κ2) is 7.31. The molecule has 0 amide bonds. The molecule has 1 aromatic heterocycles. The smallest absolute Gasteiger partial charge is 0.193 e. The summed E-state index contributed by atoms with van der Waals surface area (Å²) in [6, 6.07) is 12.2. The Morgan fingerprint density at radius 3 is 2.87 bits per heavy atom. The topological polar surface area (TPSA) is 45.5 Å².